The molecule has 3 rings (SSSR count). The lowest BCUT2D eigenvalue weighted by atomic mass is 9.87. The highest BCUT2D eigenvalue weighted by molar-refractivity contribution is 5.79. The van der Waals surface area contributed by atoms with Crippen molar-refractivity contribution < 1.29 is 9.90 Å². The summed E-state index contributed by atoms with van der Waals surface area (Å²) in [6, 6.07) is 4.20. The van der Waals surface area contributed by atoms with E-state index < -0.39 is 0 Å². The van der Waals surface area contributed by atoms with E-state index in [0.717, 1.165) is 36.1 Å². The summed E-state index contributed by atoms with van der Waals surface area (Å²) in [5.74, 6) is 0.917. The van der Waals surface area contributed by atoms with Crippen LogP contribution in [0.15, 0.2) is 12.1 Å². The van der Waals surface area contributed by atoms with Gasteiger partial charge in [0, 0.05) is 18.9 Å². The molecule has 1 saturated carbocycles. The highest BCUT2D eigenvalue weighted by Crippen LogP contribution is 2.24. The number of amides is 1. The molecule has 0 spiro atoms. The van der Waals surface area contributed by atoms with Crippen molar-refractivity contribution in [3.05, 3.63) is 29.1 Å². The number of benzene rings is 1. The van der Waals surface area contributed by atoms with Gasteiger partial charge in [0.05, 0.1) is 17.1 Å². The van der Waals surface area contributed by atoms with E-state index in [1.165, 1.54) is 11.1 Å². The molecule has 0 bridgehead atoms. The summed E-state index contributed by atoms with van der Waals surface area (Å²) in [7, 11) is 0. The van der Waals surface area contributed by atoms with Gasteiger partial charge in [0.25, 0.3) is 0 Å². The number of nitrogens with zero attached hydrogens (tertiary/aromatic N) is 1. The first-order valence-corrected chi connectivity index (χ1v) is 8.44. The number of carbonyl (C=O) groups excluding carboxylic acids is 1. The molecule has 1 heterocycles. The molecular formula is C18H25N3O2. The molecule has 5 heteroatoms. The van der Waals surface area contributed by atoms with Crippen molar-refractivity contribution in [2.45, 2.75) is 52.1 Å². The first-order valence-electron chi connectivity index (χ1n) is 8.44. The number of rotatable bonds is 4. The summed E-state index contributed by atoms with van der Waals surface area (Å²) in [4.78, 5) is 20.1. The van der Waals surface area contributed by atoms with Gasteiger partial charge in [-0.2, -0.15) is 0 Å². The van der Waals surface area contributed by atoms with E-state index in [1.54, 1.807) is 0 Å². The van der Waals surface area contributed by atoms with Crippen LogP contribution in [0.2, 0.25) is 0 Å². The van der Waals surface area contributed by atoms with Crippen molar-refractivity contribution in [3.63, 3.8) is 0 Å². The number of imidazole rings is 1. The lowest BCUT2D eigenvalue weighted by Crippen LogP contribution is -2.36. The van der Waals surface area contributed by atoms with Crippen LogP contribution >= 0.6 is 0 Å². The van der Waals surface area contributed by atoms with Crippen LogP contribution < -0.4 is 5.32 Å². The van der Waals surface area contributed by atoms with E-state index in [-0.39, 0.29) is 17.9 Å². The standard InChI is InChI=1S/C18H25N3O2/c1-11-8-15-16(9-12(11)2)21-17(20-15)6-7-19-18(23)13-4-3-5-14(22)10-13/h8-9,13-14,22H,3-7,10H2,1-2H3,(H,19,23)(H,20,21)/t13-,14+/m1/s1. The molecule has 124 valence electrons. The molecule has 2 atom stereocenters. The second kappa shape index (κ2) is 6.71. The Morgan fingerprint density at radius 1 is 1.35 bits per heavy atom. The smallest absolute Gasteiger partial charge is 0.223 e. The first kappa shape index (κ1) is 16.0. The van der Waals surface area contributed by atoms with Gasteiger partial charge in [-0.1, -0.05) is 6.42 Å². The number of carbonyl (C=O) groups is 1. The van der Waals surface area contributed by atoms with E-state index in [4.69, 9.17) is 0 Å². The zero-order valence-corrected chi connectivity index (χ0v) is 13.9. The minimum absolute atomic E-state index is 0.0419. The average molecular weight is 315 g/mol. The van der Waals surface area contributed by atoms with Gasteiger partial charge in [0.2, 0.25) is 5.91 Å². The molecule has 3 N–H and O–H groups in total. The highest BCUT2D eigenvalue weighted by Gasteiger charge is 2.25. The van der Waals surface area contributed by atoms with E-state index in [0.29, 0.717) is 19.4 Å². The Kier molecular flexibility index (Phi) is 4.66. The number of fused-ring (bicyclic) bond motifs is 1. The third-order valence-corrected chi connectivity index (χ3v) is 4.82. The van der Waals surface area contributed by atoms with Crippen LogP contribution in [0.4, 0.5) is 0 Å². The Morgan fingerprint density at radius 2 is 2.13 bits per heavy atom. The molecule has 1 aliphatic carbocycles. The van der Waals surface area contributed by atoms with Gasteiger partial charge in [0.1, 0.15) is 5.82 Å². The van der Waals surface area contributed by atoms with Crippen molar-refractivity contribution in [3.8, 4) is 0 Å². The lowest BCUT2D eigenvalue weighted by molar-refractivity contribution is -0.127. The average Bonchev–Trinajstić information content (AvgIpc) is 2.89. The van der Waals surface area contributed by atoms with Gasteiger partial charge in [0.15, 0.2) is 0 Å². The van der Waals surface area contributed by atoms with Crippen molar-refractivity contribution >= 4 is 16.9 Å². The fourth-order valence-corrected chi connectivity index (χ4v) is 3.29. The number of aryl methyl sites for hydroxylation is 2. The van der Waals surface area contributed by atoms with Crippen LogP contribution in [-0.4, -0.2) is 33.6 Å². The summed E-state index contributed by atoms with van der Waals surface area (Å²) in [6.45, 7) is 4.75. The zero-order valence-electron chi connectivity index (χ0n) is 13.9. The maximum absolute atomic E-state index is 12.1. The van der Waals surface area contributed by atoms with Crippen LogP contribution in [0.1, 0.15) is 42.6 Å². The summed E-state index contributed by atoms with van der Waals surface area (Å²) < 4.78 is 0. The number of aliphatic hydroxyl groups is 1. The van der Waals surface area contributed by atoms with Crippen LogP contribution in [0.5, 0.6) is 0 Å². The van der Waals surface area contributed by atoms with Crippen molar-refractivity contribution in [1.29, 1.82) is 0 Å². The largest absolute Gasteiger partial charge is 0.393 e. The van der Waals surface area contributed by atoms with Crippen LogP contribution in [0.3, 0.4) is 0 Å². The summed E-state index contributed by atoms with van der Waals surface area (Å²) in [5.41, 5.74) is 4.51. The summed E-state index contributed by atoms with van der Waals surface area (Å²) >= 11 is 0. The Balaban J connectivity index is 1.55. The van der Waals surface area contributed by atoms with Gasteiger partial charge >= 0.3 is 0 Å². The van der Waals surface area contributed by atoms with Gasteiger partial charge in [-0.05, 0) is 56.4 Å². The van der Waals surface area contributed by atoms with E-state index in [9.17, 15) is 9.90 Å². The molecule has 2 aromatic rings. The van der Waals surface area contributed by atoms with Gasteiger partial charge in [-0.15, -0.1) is 0 Å². The van der Waals surface area contributed by atoms with Crippen molar-refractivity contribution in [2.75, 3.05) is 6.54 Å². The molecule has 1 amide bonds. The third-order valence-electron chi connectivity index (χ3n) is 4.82. The minimum atomic E-state index is -0.318. The third kappa shape index (κ3) is 3.72. The van der Waals surface area contributed by atoms with E-state index in [2.05, 4.69) is 41.3 Å². The zero-order chi connectivity index (χ0) is 16.4. The van der Waals surface area contributed by atoms with Gasteiger partial charge in [-0.3, -0.25) is 4.79 Å². The van der Waals surface area contributed by atoms with Crippen molar-refractivity contribution in [1.82, 2.24) is 15.3 Å². The molecule has 1 aromatic heterocycles. The topological polar surface area (TPSA) is 78.0 Å². The van der Waals surface area contributed by atoms with E-state index >= 15 is 0 Å². The quantitative estimate of drug-likeness (QED) is 0.810. The maximum Gasteiger partial charge on any atom is 0.223 e. The number of aromatic nitrogens is 2. The summed E-state index contributed by atoms with van der Waals surface area (Å²) in [5, 5.41) is 12.6. The van der Waals surface area contributed by atoms with Crippen molar-refractivity contribution in [2.24, 2.45) is 5.92 Å². The minimum Gasteiger partial charge on any atom is -0.393 e. The maximum atomic E-state index is 12.1. The van der Waals surface area contributed by atoms with Crippen LogP contribution in [-0.2, 0) is 11.2 Å². The predicted molar refractivity (Wildman–Crippen MR) is 90.2 cm³/mol. The highest BCUT2D eigenvalue weighted by atomic mass is 16.3. The summed E-state index contributed by atoms with van der Waals surface area (Å²) in [6.07, 6.45) is 3.60. The van der Waals surface area contributed by atoms with Crippen LogP contribution in [0.25, 0.3) is 11.0 Å². The molecule has 23 heavy (non-hydrogen) atoms. The Labute approximate surface area is 136 Å². The second-order valence-corrected chi connectivity index (χ2v) is 6.70. The number of hydrogen-bond donors (Lipinski definition) is 3. The monoisotopic (exact) mass is 315 g/mol. The number of aromatic amines is 1. The first-order chi connectivity index (χ1) is 11.0. The second-order valence-electron chi connectivity index (χ2n) is 6.70. The molecule has 5 nitrogen and oxygen atoms in total. The Morgan fingerprint density at radius 3 is 2.91 bits per heavy atom. The molecule has 1 aromatic carbocycles. The lowest BCUT2D eigenvalue weighted by Gasteiger charge is -2.24. The molecule has 0 unspecified atom stereocenters. The molecule has 0 aliphatic heterocycles. The SMILES string of the molecule is Cc1cc2nc(CCNC(=O)[C@@H]3CCC[C@H](O)C3)[nH]c2cc1C. The van der Waals surface area contributed by atoms with Crippen LogP contribution in [0, 0.1) is 19.8 Å². The van der Waals surface area contributed by atoms with E-state index in [1.807, 2.05) is 0 Å². The Hall–Kier alpha value is -1.88. The predicted octanol–water partition coefficient (Wildman–Crippen LogP) is 2.39. The number of aliphatic hydroxyl groups excluding tert-OH is 1. The normalized spacial score (nSPS) is 21.5. The van der Waals surface area contributed by atoms with Gasteiger partial charge in [-0.25, -0.2) is 4.98 Å². The fraction of sp³-hybridized carbons (Fsp3) is 0.556. The number of H-pyrrole nitrogens is 1. The fourth-order valence-electron chi connectivity index (χ4n) is 3.29. The molecule has 1 aliphatic rings. The molecular weight excluding hydrogens is 290 g/mol. The Bertz CT molecular complexity index is 669. The number of hydrogen-bond acceptors (Lipinski definition) is 3. The molecule has 0 radical (unpaired) electrons. The van der Waals surface area contributed by atoms with Gasteiger partial charge < -0.3 is 15.4 Å². The molecule has 1 fully saturated rings. The molecule has 0 saturated heterocycles. The number of nitrogens with one attached hydrogen (secondary N) is 2.